The van der Waals surface area contributed by atoms with Crippen LogP contribution < -0.4 is 10.9 Å². The first-order chi connectivity index (χ1) is 16.0. The van der Waals surface area contributed by atoms with Gasteiger partial charge in [0.05, 0.1) is 10.7 Å². The van der Waals surface area contributed by atoms with E-state index in [4.69, 9.17) is 23.2 Å². The lowest BCUT2D eigenvalue weighted by Crippen LogP contribution is -2.38. The van der Waals surface area contributed by atoms with Crippen molar-refractivity contribution < 1.29 is 4.79 Å². The molecule has 1 aromatic carbocycles. The van der Waals surface area contributed by atoms with E-state index in [0.29, 0.717) is 33.5 Å². The third-order valence-electron chi connectivity index (χ3n) is 6.34. The second kappa shape index (κ2) is 10.7. The Morgan fingerprint density at radius 3 is 2.58 bits per heavy atom. The minimum atomic E-state index is -0.417. The van der Waals surface area contributed by atoms with Gasteiger partial charge in [0.1, 0.15) is 11.2 Å². The van der Waals surface area contributed by atoms with Crippen LogP contribution in [0.2, 0.25) is 10.0 Å². The number of amides is 1. The quantitative estimate of drug-likeness (QED) is 0.322. The first-order valence-corrected chi connectivity index (χ1v) is 12.6. The normalized spacial score (nSPS) is 15.0. The van der Waals surface area contributed by atoms with Crippen LogP contribution in [0, 0.1) is 0 Å². The zero-order valence-corrected chi connectivity index (χ0v) is 20.5. The van der Waals surface area contributed by atoms with Gasteiger partial charge in [0.25, 0.3) is 11.5 Å². The first kappa shape index (κ1) is 23.8. The Hall–Kier alpha value is -2.31. The number of aromatic nitrogens is 3. The Bertz CT molecular complexity index is 1190. The minimum absolute atomic E-state index is 0.115. The molecule has 0 radical (unpaired) electrons. The summed E-state index contributed by atoms with van der Waals surface area (Å²) in [5.41, 5.74) is 1.61. The molecule has 3 aromatic rings. The molecule has 2 aromatic heterocycles. The summed E-state index contributed by atoms with van der Waals surface area (Å²) in [4.78, 5) is 26.5. The van der Waals surface area contributed by atoms with Gasteiger partial charge in [-0.05, 0) is 37.5 Å². The number of unbranched alkanes of at least 4 members (excludes halogenated alkanes) is 2. The number of hydrogen-bond acceptors (Lipinski definition) is 3. The number of nitrogens with one attached hydrogen (secondary N) is 1. The monoisotopic (exact) mass is 488 g/mol. The Morgan fingerprint density at radius 2 is 1.88 bits per heavy atom. The van der Waals surface area contributed by atoms with Gasteiger partial charge in [0.15, 0.2) is 0 Å². The highest BCUT2D eigenvalue weighted by Crippen LogP contribution is 2.30. The summed E-state index contributed by atoms with van der Waals surface area (Å²) in [5.74, 6) is -0.320. The summed E-state index contributed by atoms with van der Waals surface area (Å²) >= 11 is 12.4. The summed E-state index contributed by atoms with van der Waals surface area (Å²) in [5, 5.41) is 8.63. The summed E-state index contributed by atoms with van der Waals surface area (Å²) in [6.07, 6.45) is 11.3. The fourth-order valence-electron chi connectivity index (χ4n) is 4.50. The zero-order valence-electron chi connectivity index (χ0n) is 18.9. The molecule has 0 unspecified atom stereocenters. The molecule has 0 spiro atoms. The fraction of sp³-hybridized carbons (Fsp3) is 0.480. The molecule has 6 nitrogen and oxygen atoms in total. The van der Waals surface area contributed by atoms with Crippen LogP contribution in [0.3, 0.4) is 0 Å². The van der Waals surface area contributed by atoms with Crippen molar-refractivity contribution >= 4 is 34.8 Å². The lowest BCUT2D eigenvalue weighted by Gasteiger charge is -2.17. The van der Waals surface area contributed by atoms with E-state index >= 15 is 0 Å². The average Bonchev–Trinajstić information content (AvgIpc) is 3.07. The Balaban J connectivity index is 1.74. The number of carbonyl (C=O) groups is 1. The number of hydrogen-bond donors (Lipinski definition) is 1. The summed E-state index contributed by atoms with van der Waals surface area (Å²) in [6, 6.07) is 7.14. The van der Waals surface area contributed by atoms with Crippen LogP contribution in [-0.4, -0.2) is 26.1 Å². The molecule has 1 amide bonds. The molecule has 8 heteroatoms. The van der Waals surface area contributed by atoms with Crippen molar-refractivity contribution in [1.82, 2.24) is 19.5 Å². The Labute approximate surface area is 203 Å². The lowest BCUT2D eigenvalue weighted by molar-refractivity contribution is 0.0930. The predicted octanol–water partition coefficient (Wildman–Crippen LogP) is 6.11. The number of aryl methyl sites for hydroxylation is 1. The summed E-state index contributed by atoms with van der Waals surface area (Å²) in [7, 11) is 0. The highest BCUT2D eigenvalue weighted by Gasteiger charge is 2.22. The van der Waals surface area contributed by atoms with E-state index in [2.05, 4.69) is 17.3 Å². The average molecular weight is 489 g/mol. The minimum Gasteiger partial charge on any atom is -0.349 e. The highest BCUT2D eigenvalue weighted by molar-refractivity contribution is 6.36. The molecule has 1 fully saturated rings. The SMILES string of the molecule is CCCCCn1cc(C(=O)NC2CCCCCC2)c(=O)n2nc(-c3ccc(Cl)cc3Cl)cc12. The molecule has 1 aliphatic carbocycles. The number of carbonyl (C=O) groups excluding carboxylic acids is 1. The van der Waals surface area contributed by atoms with Crippen LogP contribution in [0.5, 0.6) is 0 Å². The van der Waals surface area contributed by atoms with Gasteiger partial charge >= 0.3 is 0 Å². The number of rotatable bonds is 7. The maximum atomic E-state index is 13.3. The van der Waals surface area contributed by atoms with Gasteiger partial charge in [-0.25, -0.2) is 0 Å². The lowest BCUT2D eigenvalue weighted by atomic mass is 10.1. The topological polar surface area (TPSA) is 68.4 Å². The zero-order chi connectivity index (χ0) is 23.4. The van der Waals surface area contributed by atoms with E-state index in [9.17, 15) is 9.59 Å². The molecule has 176 valence electrons. The van der Waals surface area contributed by atoms with Gasteiger partial charge in [-0.3, -0.25) is 9.59 Å². The molecule has 0 atom stereocenters. The molecule has 1 saturated carbocycles. The second-order valence-electron chi connectivity index (χ2n) is 8.83. The van der Waals surface area contributed by atoms with E-state index in [0.717, 1.165) is 44.9 Å². The standard InChI is InChI=1S/C25H30Cl2N4O2/c1-2-3-8-13-30-16-20(24(32)28-18-9-6-4-5-7-10-18)25(33)31-23(30)15-22(29-31)19-12-11-17(26)14-21(19)27/h11-12,14-16,18H,2-10,13H2,1H3,(H,28,32). The van der Waals surface area contributed by atoms with E-state index in [1.807, 2.05) is 10.6 Å². The third kappa shape index (κ3) is 5.44. The van der Waals surface area contributed by atoms with Crippen LogP contribution in [0.25, 0.3) is 16.9 Å². The van der Waals surface area contributed by atoms with Crippen LogP contribution >= 0.6 is 23.2 Å². The molecular weight excluding hydrogens is 459 g/mol. The number of halogens is 2. The largest absolute Gasteiger partial charge is 0.349 e. The van der Waals surface area contributed by atoms with Crippen LogP contribution in [-0.2, 0) is 6.54 Å². The van der Waals surface area contributed by atoms with E-state index < -0.39 is 5.56 Å². The van der Waals surface area contributed by atoms with Crippen molar-refractivity contribution in [3.05, 3.63) is 56.4 Å². The number of fused-ring (bicyclic) bond motifs is 1. The number of benzene rings is 1. The van der Waals surface area contributed by atoms with Gasteiger partial charge in [0, 0.05) is 35.4 Å². The van der Waals surface area contributed by atoms with Gasteiger partial charge in [0.2, 0.25) is 0 Å². The van der Waals surface area contributed by atoms with Crippen LogP contribution in [0.1, 0.15) is 75.1 Å². The van der Waals surface area contributed by atoms with Crippen molar-refractivity contribution in [3.8, 4) is 11.3 Å². The molecule has 0 saturated heterocycles. The van der Waals surface area contributed by atoms with Crippen LogP contribution in [0.15, 0.2) is 35.3 Å². The fourth-order valence-corrected chi connectivity index (χ4v) is 5.00. The van der Waals surface area contributed by atoms with E-state index in [-0.39, 0.29) is 17.5 Å². The van der Waals surface area contributed by atoms with Crippen molar-refractivity contribution in [2.45, 2.75) is 77.3 Å². The van der Waals surface area contributed by atoms with Crippen LogP contribution in [0.4, 0.5) is 0 Å². The first-order valence-electron chi connectivity index (χ1n) is 11.9. The summed E-state index contributed by atoms with van der Waals surface area (Å²) in [6.45, 7) is 2.84. The number of nitrogens with zero attached hydrogens (tertiary/aromatic N) is 3. The maximum Gasteiger partial charge on any atom is 0.287 e. The maximum absolute atomic E-state index is 13.3. The van der Waals surface area contributed by atoms with Crippen molar-refractivity contribution in [1.29, 1.82) is 0 Å². The smallest absolute Gasteiger partial charge is 0.287 e. The third-order valence-corrected chi connectivity index (χ3v) is 6.89. The molecule has 2 heterocycles. The second-order valence-corrected chi connectivity index (χ2v) is 9.68. The molecule has 0 aliphatic heterocycles. The molecular formula is C25H30Cl2N4O2. The molecule has 4 rings (SSSR count). The Kier molecular flexibility index (Phi) is 7.76. The van der Waals surface area contributed by atoms with Crippen molar-refractivity contribution in [2.75, 3.05) is 0 Å². The van der Waals surface area contributed by atoms with E-state index in [1.165, 1.54) is 17.4 Å². The highest BCUT2D eigenvalue weighted by atomic mass is 35.5. The van der Waals surface area contributed by atoms with Gasteiger partial charge in [-0.1, -0.05) is 68.7 Å². The van der Waals surface area contributed by atoms with E-state index in [1.54, 1.807) is 24.4 Å². The molecule has 1 aliphatic rings. The van der Waals surface area contributed by atoms with Gasteiger partial charge in [-0.15, -0.1) is 0 Å². The van der Waals surface area contributed by atoms with Crippen molar-refractivity contribution in [3.63, 3.8) is 0 Å². The van der Waals surface area contributed by atoms with Crippen molar-refractivity contribution in [2.24, 2.45) is 0 Å². The molecule has 1 N–H and O–H groups in total. The predicted molar refractivity (Wildman–Crippen MR) is 133 cm³/mol. The molecule has 0 bridgehead atoms. The summed E-state index contributed by atoms with van der Waals surface area (Å²) < 4.78 is 3.29. The van der Waals surface area contributed by atoms with Gasteiger partial charge in [-0.2, -0.15) is 9.61 Å². The van der Waals surface area contributed by atoms with Gasteiger partial charge < -0.3 is 9.88 Å². The Morgan fingerprint density at radius 1 is 1.12 bits per heavy atom. The molecule has 33 heavy (non-hydrogen) atoms.